The van der Waals surface area contributed by atoms with Gasteiger partial charge in [-0.2, -0.15) is 4.39 Å². The molecule has 8 nitrogen and oxygen atoms in total. The van der Waals surface area contributed by atoms with Crippen LogP contribution in [0.15, 0.2) is 42.6 Å². The van der Waals surface area contributed by atoms with Gasteiger partial charge in [0.1, 0.15) is 5.75 Å². The van der Waals surface area contributed by atoms with Gasteiger partial charge in [-0.25, -0.2) is 4.98 Å². The maximum atomic E-state index is 14.1. The quantitative estimate of drug-likeness (QED) is 0.363. The number of halogens is 1. The normalized spacial score (nSPS) is 22.5. The highest BCUT2D eigenvalue weighted by Crippen LogP contribution is 2.35. The molecule has 1 aliphatic heterocycles. The summed E-state index contributed by atoms with van der Waals surface area (Å²) >= 11 is 1.24. The lowest BCUT2D eigenvalue weighted by atomic mass is 10.1. The molecule has 1 fully saturated rings. The second-order valence-corrected chi connectivity index (χ2v) is 8.12. The Morgan fingerprint density at radius 2 is 1.66 bits per heavy atom. The standard InChI is InChI=1S/C22H22FNO7S/c1-12(25)28-18-11-32-22(20(30-14(3)27)19(18)29-13(2)26)31-16-7-4-6-15(10-16)17-8-5-9-24-21(17)23/h4-10,18-20,22H,11H2,1-3H3/t18-,19+,20-,22-/m1/s1. The monoisotopic (exact) mass is 463 g/mol. The highest BCUT2D eigenvalue weighted by molar-refractivity contribution is 7.99. The SMILES string of the molecule is CC(=O)O[C@@H]1[C@@H](OC(C)=O)[C@H](OC(C)=O)CS[C@H]1Oc1cccc(-c2cccnc2F)c1. The summed E-state index contributed by atoms with van der Waals surface area (Å²) in [5.74, 6) is -1.78. The Balaban J connectivity index is 1.88. The van der Waals surface area contributed by atoms with Crippen molar-refractivity contribution in [2.45, 2.75) is 44.5 Å². The van der Waals surface area contributed by atoms with Gasteiger partial charge in [-0.3, -0.25) is 14.4 Å². The van der Waals surface area contributed by atoms with Crippen LogP contribution in [-0.2, 0) is 28.6 Å². The number of rotatable bonds is 6. The van der Waals surface area contributed by atoms with Crippen LogP contribution in [-0.4, -0.2) is 52.4 Å². The number of esters is 3. The highest BCUT2D eigenvalue weighted by atomic mass is 32.2. The van der Waals surface area contributed by atoms with E-state index in [-0.39, 0.29) is 5.75 Å². The number of carbonyl (C=O) groups is 3. The molecule has 1 aliphatic rings. The van der Waals surface area contributed by atoms with Gasteiger partial charge in [-0.1, -0.05) is 12.1 Å². The molecule has 32 heavy (non-hydrogen) atoms. The molecule has 170 valence electrons. The molecule has 0 amide bonds. The van der Waals surface area contributed by atoms with Crippen LogP contribution in [0.2, 0.25) is 0 Å². The van der Waals surface area contributed by atoms with Crippen LogP contribution in [0, 0.1) is 5.95 Å². The smallest absolute Gasteiger partial charge is 0.303 e. The molecular formula is C22H22FNO7S. The van der Waals surface area contributed by atoms with Crippen LogP contribution >= 0.6 is 11.8 Å². The third kappa shape index (κ3) is 5.97. The number of nitrogens with zero attached hydrogens (tertiary/aromatic N) is 1. The summed E-state index contributed by atoms with van der Waals surface area (Å²) < 4.78 is 36.2. The number of pyridine rings is 1. The largest absolute Gasteiger partial charge is 0.476 e. The van der Waals surface area contributed by atoms with Gasteiger partial charge in [-0.05, 0) is 29.8 Å². The molecule has 0 N–H and O–H groups in total. The first-order valence-electron chi connectivity index (χ1n) is 9.75. The van der Waals surface area contributed by atoms with E-state index in [0.29, 0.717) is 16.9 Å². The molecule has 10 heteroatoms. The van der Waals surface area contributed by atoms with Crippen molar-refractivity contribution in [3.8, 4) is 16.9 Å². The van der Waals surface area contributed by atoms with Gasteiger partial charge in [0, 0.05) is 38.3 Å². The second kappa shape index (κ2) is 10.4. The highest BCUT2D eigenvalue weighted by Gasteiger charge is 2.47. The summed E-state index contributed by atoms with van der Waals surface area (Å²) in [5.41, 5.74) is 0.0785. The summed E-state index contributed by atoms with van der Waals surface area (Å²) in [6, 6.07) is 9.92. The van der Waals surface area contributed by atoms with E-state index in [2.05, 4.69) is 4.98 Å². The number of ether oxygens (including phenoxy) is 4. The summed E-state index contributed by atoms with van der Waals surface area (Å²) in [6.45, 7) is 3.66. The van der Waals surface area contributed by atoms with Crippen molar-refractivity contribution >= 4 is 29.7 Å². The van der Waals surface area contributed by atoms with Gasteiger partial charge in [0.25, 0.3) is 0 Å². The third-order valence-corrected chi connectivity index (χ3v) is 5.68. The van der Waals surface area contributed by atoms with Crippen molar-refractivity contribution in [2.75, 3.05) is 5.75 Å². The molecule has 1 aromatic heterocycles. The van der Waals surface area contributed by atoms with Gasteiger partial charge < -0.3 is 18.9 Å². The van der Waals surface area contributed by atoms with Crippen LogP contribution in [0.25, 0.3) is 11.1 Å². The first-order valence-corrected chi connectivity index (χ1v) is 10.8. The van der Waals surface area contributed by atoms with Crippen molar-refractivity contribution in [1.82, 2.24) is 4.98 Å². The summed E-state index contributed by atoms with van der Waals surface area (Å²) in [6.07, 6.45) is -1.55. The predicted octanol–water partition coefficient (Wildman–Crippen LogP) is 3.13. The van der Waals surface area contributed by atoms with E-state index >= 15 is 0 Å². The fourth-order valence-electron chi connectivity index (χ4n) is 3.28. The van der Waals surface area contributed by atoms with Gasteiger partial charge in [0.15, 0.2) is 23.7 Å². The molecule has 1 saturated heterocycles. The first-order chi connectivity index (χ1) is 15.2. The number of hydrogen-bond acceptors (Lipinski definition) is 9. The summed E-state index contributed by atoms with van der Waals surface area (Å²) in [4.78, 5) is 38.6. The minimum Gasteiger partial charge on any atom is -0.476 e. The summed E-state index contributed by atoms with van der Waals surface area (Å²) in [5, 5.41) is 0. The maximum Gasteiger partial charge on any atom is 0.303 e. The Hall–Kier alpha value is -3.14. The van der Waals surface area contributed by atoms with E-state index in [1.807, 2.05) is 0 Å². The van der Waals surface area contributed by atoms with Crippen LogP contribution in [0.3, 0.4) is 0 Å². The maximum absolute atomic E-state index is 14.1. The Morgan fingerprint density at radius 3 is 2.31 bits per heavy atom. The molecule has 0 radical (unpaired) electrons. The minimum absolute atomic E-state index is 0.247. The Labute approximate surface area is 188 Å². The lowest BCUT2D eigenvalue weighted by Crippen LogP contribution is -2.55. The molecule has 4 atom stereocenters. The van der Waals surface area contributed by atoms with E-state index in [0.717, 1.165) is 0 Å². The lowest BCUT2D eigenvalue weighted by Gasteiger charge is -2.39. The van der Waals surface area contributed by atoms with Crippen molar-refractivity contribution in [3.05, 3.63) is 48.5 Å². The van der Waals surface area contributed by atoms with Gasteiger partial charge in [-0.15, -0.1) is 11.8 Å². The minimum atomic E-state index is -1.05. The van der Waals surface area contributed by atoms with Crippen LogP contribution in [0.4, 0.5) is 4.39 Å². The van der Waals surface area contributed by atoms with Crippen molar-refractivity contribution in [2.24, 2.45) is 0 Å². The zero-order valence-corrected chi connectivity index (χ0v) is 18.5. The average molecular weight is 463 g/mol. The average Bonchev–Trinajstić information content (AvgIpc) is 2.72. The molecule has 2 heterocycles. The van der Waals surface area contributed by atoms with E-state index in [1.54, 1.807) is 36.4 Å². The zero-order chi connectivity index (χ0) is 23.3. The predicted molar refractivity (Wildman–Crippen MR) is 113 cm³/mol. The molecular weight excluding hydrogens is 441 g/mol. The Bertz CT molecular complexity index is 1000. The molecule has 2 aromatic rings. The fourth-order valence-corrected chi connectivity index (χ4v) is 4.50. The Kier molecular flexibility index (Phi) is 7.68. The molecule has 0 aliphatic carbocycles. The second-order valence-electron chi connectivity index (χ2n) is 6.99. The fraction of sp³-hybridized carbons (Fsp3) is 0.364. The van der Waals surface area contributed by atoms with Crippen molar-refractivity contribution < 1.29 is 37.7 Å². The molecule has 0 spiro atoms. The molecule has 0 saturated carbocycles. The third-order valence-electron chi connectivity index (χ3n) is 4.46. The van der Waals surface area contributed by atoms with E-state index < -0.39 is 47.6 Å². The van der Waals surface area contributed by atoms with E-state index in [1.165, 1.54) is 38.7 Å². The van der Waals surface area contributed by atoms with Gasteiger partial charge in [0.05, 0.1) is 0 Å². The summed E-state index contributed by atoms with van der Waals surface area (Å²) in [7, 11) is 0. The van der Waals surface area contributed by atoms with E-state index in [4.69, 9.17) is 18.9 Å². The number of aromatic nitrogens is 1. The molecule has 0 bridgehead atoms. The first kappa shape index (κ1) is 23.5. The topological polar surface area (TPSA) is 101 Å². The lowest BCUT2D eigenvalue weighted by molar-refractivity contribution is -0.186. The number of thioether (sulfide) groups is 1. The van der Waals surface area contributed by atoms with Crippen molar-refractivity contribution in [1.29, 1.82) is 0 Å². The van der Waals surface area contributed by atoms with Crippen molar-refractivity contribution in [3.63, 3.8) is 0 Å². The van der Waals surface area contributed by atoms with Crippen LogP contribution < -0.4 is 4.74 Å². The van der Waals surface area contributed by atoms with Crippen LogP contribution in [0.1, 0.15) is 20.8 Å². The van der Waals surface area contributed by atoms with E-state index in [9.17, 15) is 18.8 Å². The number of carbonyl (C=O) groups excluding carboxylic acids is 3. The Morgan fingerprint density at radius 1 is 0.969 bits per heavy atom. The van der Waals surface area contributed by atoms with Gasteiger partial charge in [0.2, 0.25) is 5.95 Å². The van der Waals surface area contributed by atoms with Gasteiger partial charge >= 0.3 is 17.9 Å². The number of hydrogen-bond donors (Lipinski definition) is 0. The zero-order valence-electron chi connectivity index (χ0n) is 17.6. The molecule has 3 rings (SSSR count). The molecule has 0 unspecified atom stereocenters. The molecule has 1 aromatic carbocycles. The number of benzene rings is 1. The van der Waals surface area contributed by atoms with Crippen LogP contribution in [0.5, 0.6) is 5.75 Å².